The van der Waals surface area contributed by atoms with Gasteiger partial charge in [-0.1, -0.05) is 12.1 Å². The maximum Gasteiger partial charge on any atom is 0.250 e. The van der Waals surface area contributed by atoms with Crippen molar-refractivity contribution in [3.05, 3.63) is 85.7 Å². The van der Waals surface area contributed by atoms with Gasteiger partial charge in [0.05, 0.1) is 5.69 Å². The van der Waals surface area contributed by atoms with Crippen LogP contribution in [-0.2, 0) is 33.2 Å². The number of aromatic hydroxyl groups is 1. The zero-order valence-electron chi connectivity index (χ0n) is 23.5. The van der Waals surface area contributed by atoms with Gasteiger partial charge in [-0.15, -0.1) is 0 Å². The first-order valence-electron chi connectivity index (χ1n) is 14.6. The number of rotatable bonds is 6. The number of ether oxygens (including phenoxy) is 2. The van der Waals surface area contributed by atoms with Crippen molar-refractivity contribution in [2.75, 3.05) is 46.1 Å². The van der Waals surface area contributed by atoms with Crippen LogP contribution in [-0.4, -0.2) is 75.0 Å². The van der Waals surface area contributed by atoms with E-state index in [-0.39, 0.29) is 23.5 Å². The Bertz CT molecular complexity index is 1570. The molecule has 0 unspecified atom stereocenters. The minimum absolute atomic E-state index is 0.0880. The summed E-state index contributed by atoms with van der Waals surface area (Å²) in [6.07, 6.45) is 1.10. The summed E-state index contributed by atoms with van der Waals surface area (Å²) in [6.45, 7) is 8.34. The number of nitrogens with zero attached hydrogens (tertiary/aromatic N) is 5. The third-order valence-corrected chi connectivity index (χ3v) is 9.26. The molecule has 0 saturated carbocycles. The highest BCUT2D eigenvalue weighted by atomic mass is 16.7. The minimum atomic E-state index is -0.316. The molecule has 0 radical (unpaired) electrons. The second-order valence-corrected chi connectivity index (χ2v) is 12.0. The summed E-state index contributed by atoms with van der Waals surface area (Å²) in [4.78, 5) is 32.4. The number of fused-ring (bicyclic) bond motifs is 5. The smallest absolute Gasteiger partial charge is 0.250 e. The third-order valence-electron chi connectivity index (χ3n) is 9.26. The van der Waals surface area contributed by atoms with Crippen molar-refractivity contribution in [1.29, 1.82) is 0 Å². The van der Waals surface area contributed by atoms with Crippen molar-refractivity contribution < 1.29 is 14.6 Å². The first-order valence-corrected chi connectivity index (χ1v) is 14.6. The molecule has 2 atom stereocenters. The monoisotopic (exact) mass is 559 g/mol. The molecule has 2 aromatic heterocycles. The van der Waals surface area contributed by atoms with Gasteiger partial charge in [-0.05, 0) is 36.1 Å². The van der Waals surface area contributed by atoms with E-state index in [1.54, 1.807) is 12.1 Å². The largest absolute Gasteiger partial charge is 0.503 e. The Labute approximate surface area is 238 Å². The van der Waals surface area contributed by atoms with Crippen molar-refractivity contribution in [2.24, 2.45) is 13.0 Å². The fourth-order valence-electron chi connectivity index (χ4n) is 7.09. The van der Waals surface area contributed by atoms with Crippen molar-refractivity contribution >= 4 is 0 Å². The van der Waals surface area contributed by atoms with Gasteiger partial charge in [-0.3, -0.25) is 24.3 Å². The van der Waals surface area contributed by atoms with E-state index in [1.807, 2.05) is 28.3 Å². The van der Waals surface area contributed by atoms with Crippen LogP contribution in [0.15, 0.2) is 52.1 Å². The Morgan fingerprint density at radius 3 is 2.46 bits per heavy atom. The lowest BCUT2D eigenvalue weighted by Crippen LogP contribution is -2.47. The molecule has 6 heterocycles. The SMILES string of the molecule is Cn1c(CN2C[C@@H]3C[C@@H](C2)c2cccc(=O)n2C3)cc(=O)c(O)c1CN1CCN(Cc2ccc3c(c2)OCO3)CC1. The average molecular weight is 560 g/mol. The molecule has 0 aliphatic carbocycles. The fourth-order valence-corrected chi connectivity index (χ4v) is 7.09. The van der Waals surface area contributed by atoms with Gasteiger partial charge in [-0.25, -0.2) is 0 Å². The minimum Gasteiger partial charge on any atom is -0.503 e. The molecule has 216 valence electrons. The van der Waals surface area contributed by atoms with Crippen LogP contribution in [0.3, 0.4) is 0 Å². The number of benzene rings is 1. The quantitative estimate of drug-likeness (QED) is 0.490. The summed E-state index contributed by atoms with van der Waals surface area (Å²) in [7, 11) is 1.96. The van der Waals surface area contributed by atoms with Crippen LogP contribution < -0.4 is 20.5 Å². The molecule has 2 saturated heterocycles. The molecule has 1 N–H and O–H groups in total. The maximum absolute atomic E-state index is 12.9. The van der Waals surface area contributed by atoms with E-state index in [2.05, 4.69) is 32.9 Å². The number of likely N-dealkylation sites (tertiary alicyclic amines) is 1. The predicted molar refractivity (Wildman–Crippen MR) is 153 cm³/mol. The normalized spacial score (nSPS) is 22.6. The topological polar surface area (TPSA) is 92.4 Å². The van der Waals surface area contributed by atoms with Crippen molar-refractivity contribution in [3.8, 4) is 17.2 Å². The van der Waals surface area contributed by atoms with Crippen molar-refractivity contribution in [1.82, 2.24) is 23.8 Å². The highest BCUT2D eigenvalue weighted by Crippen LogP contribution is 2.36. The number of pyridine rings is 2. The number of aromatic nitrogens is 2. The Balaban J connectivity index is 1.01. The number of hydrogen-bond donors (Lipinski definition) is 1. The van der Waals surface area contributed by atoms with E-state index in [1.165, 1.54) is 5.56 Å². The average Bonchev–Trinajstić information content (AvgIpc) is 3.44. The molecule has 4 aliphatic heterocycles. The van der Waals surface area contributed by atoms with Crippen LogP contribution in [0.5, 0.6) is 17.2 Å². The van der Waals surface area contributed by atoms with Gasteiger partial charge < -0.3 is 23.7 Å². The lowest BCUT2D eigenvalue weighted by atomic mass is 9.83. The summed E-state index contributed by atoms with van der Waals surface area (Å²) >= 11 is 0. The highest BCUT2D eigenvalue weighted by Gasteiger charge is 2.35. The molecule has 10 nitrogen and oxygen atoms in total. The first kappa shape index (κ1) is 26.3. The number of piperidine rings is 1. The van der Waals surface area contributed by atoms with Crippen molar-refractivity contribution in [3.63, 3.8) is 0 Å². The molecule has 7 rings (SSSR count). The van der Waals surface area contributed by atoms with E-state index >= 15 is 0 Å². The van der Waals surface area contributed by atoms with Crippen LogP contribution in [0.1, 0.15) is 35.0 Å². The van der Waals surface area contributed by atoms with Crippen LogP contribution >= 0.6 is 0 Å². The molecule has 1 aromatic carbocycles. The second kappa shape index (κ2) is 10.7. The van der Waals surface area contributed by atoms with Crippen LogP contribution in [0.25, 0.3) is 0 Å². The first-order chi connectivity index (χ1) is 19.9. The lowest BCUT2D eigenvalue weighted by molar-refractivity contribution is 0.110. The Morgan fingerprint density at radius 1 is 0.854 bits per heavy atom. The molecule has 2 fully saturated rings. The van der Waals surface area contributed by atoms with E-state index in [4.69, 9.17) is 9.47 Å². The van der Waals surface area contributed by atoms with Crippen molar-refractivity contribution in [2.45, 2.75) is 38.5 Å². The molecule has 2 bridgehead atoms. The van der Waals surface area contributed by atoms with Gasteiger partial charge in [-0.2, -0.15) is 0 Å². The fraction of sp³-hybridized carbons (Fsp3) is 0.484. The van der Waals surface area contributed by atoms with Gasteiger partial charge in [0.1, 0.15) is 0 Å². The van der Waals surface area contributed by atoms with Crippen LogP contribution in [0.2, 0.25) is 0 Å². The van der Waals surface area contributed by atoms with Gasteiger partial charge in [0.25, 0.3) is 5.56 Å². The molecular weight excluding hydrogens is 522 g/mol. The molecular formula is C31H37N5O5. The summed E-state index contributed by atoms with van der Waals surface area (Å²) in [6, 6.07) is 13.3. The summed E-state index contributed by atoms with van der Waals surface area (Å²) in [5.74, 6) is 2.20. The Hall–Kier alpha value is -3.60. The molecule has 4 aliphatic rings. The predicted octanol–water partition coefficient (Wildman–Crippen LogP) is 1.92. The zero-order chi connectivity index (χ0) is 28.1. The van der Waals surface area contributed by atoms with Gasteiger partial charge in [0.2, 0.25) is 12.2 Å². The van der Waals surface area contributed by atoms with E-state index < -0.39 is 0 Å². The Morgan fingerprint density at radius 2 is 1.63 bits per heavy atom. The summed E-state index contributed by atoms with van der Waals surface area (Å²) in [5, 5.41) is 10.8. The van der Waals surface area contributed by atoms with E-state index in [0.29, 0.717) is 30.6 Å². The summed E-state index contributed by atoms with van der Waals surface area (Å²) < 4.78 is 14.9. The van der Waals surface area contributed by atoms with Crippen LogP contribution in [0, 0.1) is 5.92 Å². The van der Waals surface area contributed by atoms with E-state index in [9.17, 15) is 14.7 Å². The maximum atomic E-state index is 12.9. The third kappa shape index (κ3) is 5.16. The second-order valence-electron chi connectivity index (χ2n) is 12.0. The summed E-state index contributed by atoms with van der Waals surface area (Å²) in [5.41, 5.74) is 3.68. The van der Waals surface area contributed by atoms with Crippen LogP contribution in [0.4, 0.5) is 0 Å². The van der Waals surface area contributed by atoms with E-state index in [0.717, 1.165) is 81.7 Å². The Kier molecular flexibility index (Phi) is 6.84. The molecule has 0 amide bonds. The zero-order valence-corrected chi connectivity index (χ0v) is 23.5. The number of hydrogen-bond acceptors (Lipinski definition) is 8. The van der Waals surface area contributed by atoms with Gasteiger partial charge in [0, 0.05) is 102 Å². The molecule has 41 heavy (non-hydrogen) atoms. The molecule has 0 spiro atoms. The van der Waals surface area contributed by atoms with Gasteiger partial charge in [0.15, 0.2) is 17.2 Å². The molecule has 10 heteroatoms. The lowest BCUT2D eigenvalue weighted by Gasteiger charge is -2.43. The highest BCUT2D eigenvalue weighted by molar-refractivity contribution is 5.44. The standard InChI is InChI=1S/C31H37N5O5/c1-32-24(18-35-15-22-11-23(17-35)25-3-2-4-30(38)36(25)16-22)13-27(37)31(39)26(32)19-34-9-7-33(8-10-34)14-21-5-6-28-29(12-21)41-20-40-28/h2-6,12-13,22-23,39H,7-11,14-20H2,1H3/t22-,23-/m0/s1. The number of piperazine rings is 1. The van der Waals surface area contributed by atoms with Gasteiger partial charge >= 0.3 is 0 Å². The molecule has 3 aromatic rings.